The monoisotopic (exact) mass is 253 g/mol. The summed E-state index contributed by atoms with van der Waals surface area (Å²) in [5.74, 6) is 0.210. The summed E-state index contributed by atoms with van der Waals surface area (Å²) in [6.45, 7) is 6.30. The molecule has 0 saturated carbocycles. The summed E-state index contributed by atoms with van der Waals surface area (Å²) >= 11 is 1.65. The van der Waals surface area contributed by atoms with Crippen molar-refractivity contribution in [3.05, 3.63) is 16.1 Å². The minimum absolute atomic E-state index is 0.145. The van der Waals surface area contributed by atoms with E-state index in [-0.39, 0.29) is 11.9 Å². The molecule has 0 aromatic carbocycles. The van der Waals surface area contributed by atoms with Crippen molar-refractivity contribution in [1.82, 2.24) is 15.2 Å². The van der Waals surface area contributed by atoms with Gasteiger partial charge in [0.05, 0.1) is 17.2 Å². The number of carbonyl (C=O) groups is 1. The van der Waals surface area contributed by atoms with Crippen LogP contribution in [0.5, 0.6) is 0 Å². The van der Waals surface area contributed by atoms with Gasteiger partial charge in [0.1, 0.15) is 0 Å². The number of hydrogen-bond donors (Lipinski definition) is 1. The molecular formula is C12H19N3OS. The fraction of sp³-hybridized carbons (Fsp3) is 0.667. The quantitative estimate of drug-likeness (QED) is 0.888. The van der Waals surface area contributed by atoms with E-state index in [2.05, 4.69) is 10.3 Å². The third-order valence-corrected chi connectivity index (χ3v) is 3.89. The number of thiazole rings is 1. The minimum atomic E-state index is 0.145. The maximum Gasteiger partial charge on any atom is 0.236 e. The van der Waals surface area contributed by atoms with Gasteiger partial charge < -0.3 is 10.2 Å². The van der Waals surface area contributed by atoms with Crippen LogP contribution in [-0.4, -0.2) is 35.4 Å². The van der Waals surface area contributed by atoms with Crippen molar-refractivity contribution in [2.75, 3.05) is 19.6 Å². The first kappa shape index (κ1) is 12.5. The molecule has 1 unspecified atom stereocenters. The standard InChI is InChI=1S/C12H19N3OS/c1-9(11-8-17-10(2)14-11)13-7-12(16)15-5-3-4-6-15/h8-9,13H,3-7H2,1-2H3. The summed E-state index contributed by atoms with van der Waals surface area (Å²) in [5, 5.41) is 6.36. The third kappa shape index (κ3) is 3.26. The molecule has 5 heteroatoms. The molecule has 0 aliphatic carbocycles. The normalized spacial score (nSPS) is 17.4. The number of aryl methyl sites for hydroxylation is 1. The van der Waals surface area contributed by atoms with E-state index in [4.69, 9.17) is 0 Å². The summed E-state index contributed by atoms with van der Waals surface area (Å²) in [6.07, 6.45) is 2.29. The molecule has 0 bridgehead atoms. The molecule has 1 amide bonds. The zero-order valence-corrected chi connectivity index (χ0v) is 11.2. The fourth-order valence-electron chi connectivity index (χ4n) is 2.00. The van der Waals surface area contributed by atoms with Gasteiger partial charge in [0.15, 0.2) is 0 Å². The van der Waals surface area contributed by atoms with Crippen molar-refractivity contribution >= 4 is 17.2 Å². The van der Waals surface area contributed by atoms with Crippen LogP contribution in [0.4, 0.5) is 0 Å². The average Bonchev–Trinajstić information content (AvgIpc) is 2.95. The van der Waals surface area contributed by atoms with E-state index in [0.717, 1.165) is 36.6 Å². The molecule has 1 atom stereocenters. The van der Waals surface area contributed by atoms with Gasteiger partial charge in [-0.2, -0.15) is 0 Å². The Hall–Kier alpha value is -0.940. The predicted octanol–water partition coefficient (Wildman–Crippen LogP) is 1.72. The summed E-state index contributed by atoms with van der Waals surface area (Å²) in [6, 6.07) is 0.145. The van der Waals surface area contributed by atoms with E-state index in [1.807, 2.05) is 24.1 Å². The topological polar surface area (TPSA) is 45.2 Å². The number of nitrogens with zero attached hydrogens (tertiary/aromatic N) is 2. The van der Waals surface area contributed by atoms with Crippen LogP contribution >= 0.6 is 11.3 Å². The van der Waals surface area contributed by atoms with Crippen molar-refractivity contribution in [3.63, 3.8) is 0 Å². The molecule has 17 heavy (non-hydrogen) atoms. The van der Waals surface area contributed by atoms with Crippen LogP contribution in [-0.2, 0) is 4.79 Å². The van der Waals surface area contributed by atoms with E-state index >= 15 is 0 Å². The number of aromatic nitrogens is 1. The SMILES string of the molecule is Cc1nc(C(C)NCC(=O)N2CCCC2)cs1. The average molecular weight is 253 g/mol. The van der Waals surface area contributed by atoms with Gasteiger partial charge >= 0.3 is 0 Å². The minimum Gasteiger partial charge on any atom is -0.342 e. The highest BCUT2D eigenvalue weighted by atomic mass is 32.1. The highest BCUT2D eigenvalue weighted by Crippen LogP contribution is 2.15. The highest BCUT2D eigenvalue weighted by Gasteiger charge is 2.18. The lowest BCUT2D eigenvalue weighted by atomic mass is 10.2. The maximum absolute atomic E-state index is 11.8. The van der Waals surface area contributed by atoms with Gasteiger partial charge in [-0.3, -0.25) is 4.79 Å². The van der Waals surface area contributed by atoms with E-state index < -0.39 is 0 Å². The fourth-order valence-corrected chi connectivity index (χ4v) is 2.71. The van der Waals surface area contributed by atoms with Crippen LogP contribution in [0.3, 0.4) is 0 Å². The Morgan fingerprint density at radius 2 is 2.29 bits per heavy atom. The lowest BCUT2D eigenvalue weighted by Gasteiger charge is -2.17. The number of carbonyl (C=O) groups excluding carboxylic acids is 1. The second-order valence-electron chi connectivity index (χ2n) is 4.48. The number of likely N-dealkylation sites (tertiary alicyclic amines) is 1. The summed E-state index contributed by atoms with van der Waals surface area (Å²) in [7, 11) is 0. The van der Waals surface area contributed by atoms with Gasteiger partial charge in [-0.05, 0) is 26.7 Å². The van der Waals surface area contributed by atoms with Crippen LogP contribution in [0.2, 0.25) is 0 Å². The van der Waals surface area contributed by atoms with Gasteiger partial charge in [-0.25, -0.2) is 4.98 Å². The first-order valence-electron chi connectivity index (χ1n) is 6.10. The Kier molecular flexibility index (Phi) is 4.12. The second kappa shape index (κ2) is 5.60. The molecule has 4 nitrogen and oxygen atoms in total. The predicted molar refractivity (Wildman–Crippen MR) is 69.1 cm³/mol. The molecular weight excluding hydrogens is 234 g/mol. The lowest BCUT2D eigenvalue weighted by molar-refractivity contribution is -0.129. The van der Waals surface area contributed by atoms with E-state index in [1.165, 1.54) is 0 Å². The van der Waals surface area contributed by atoms with Gasteiger partial charge in [0, 0.05) is 24.5 Å². The Labute approximate surface area is 106 Å². The van der Waals surface area contributed by atoms with Crippen molar-refractivity contribution in [1.29, 1.82) is 0 Å². The summed E-state index contributed by atoms with van der Waals surface area (Å²) < 4.78 is 0. The van der Waals surface area contributed by atoms with Gasteiger partial charge in [-0.15, -0.1) is 11.3 Å². The Morgan fingerprint density at radius 3 is 2.88 bits per heavy atom. The molecule has 1 aliphatic heterocycles. The molecule has 1 saturated heterocycles. The summed E-state index contributed by atoms with van der Waals surface area (Å²) in [4.78, 5) is 18.2. The molecule has 1 aliphatic rings. The number of amides is 1. The Balaban J connectivity index is 1.79. The molecule has 0 spiro atoms. The number of nitrogens with one attached hydrogen (secondary N) is 1. The largest absolute Gasteiger partial charge is 0.342 e. The molecule has 1 N–H and O–H groups in total. The number of hydrogen-bond acceptors (Lipinski definition) is 4. The van der Waals surface area contributed by atoms with Gasteiger partial charge in [-0.1, -0.05) is 0 Å². The van der Waals surface area contributed by atoms with Crippen molar-refractivity contribution in [2.24, 2.45) is 0 Å². The first-order valence-corrected chi connectivity index (χ1v) is 6.98. The molecule has 1 aromatic rings. The smallest absolute Gasteiger partial charge is 0.236 e. The highest BCUT2D eigenvalue weighted by molar-refractivity contribution is 7.09. The molecule has 94 valence electrons. The zero-order chi connectivity index (χ0) is 12.3. The first-order chi connectivity index (χ1) is 8.16. The van der Waals surface area contributed by atoms with Crippen LogP contribution in [0.15, 0.2) is 5.38 Å². The van der Waals surface area contributed by atoms with Crippen molar-refractivity contribution in [2.45, 2.75) is 32.7 Å². The second-order valence-corrected chi connectivity index (χ2v) is 5.54. The van der Waals surface area contributed by atoms with Crippen LogP contribution in [0, 0.1) is 6.92 Å². The van der Waals surface area contributed by atoms with Crippen molar-refractivity contribution in [3.8, 4) is 0 Å². The lowest BCUT2D eigenvalue weighted by Crippen LogP contribution is -2.37. The van der Waals surface area contributed by atoms with E-state index in [1.54, 1.807) is 11.3 Å². The Morgan fingerprint density at radius 1 is 1.59 bits per heavy atom. The molecule has 1 fully saturated rings. The van der Waals surface area contributed by atoms with Crippen LogP contribution < -0.4 is 5.32 Å². The zero-order valence-electron chi connectivity index (χ0n) is 10.4. The van der Waals surface area contributed by atoms with Gasteiger partial charge in [0.2, 0.25) is 5.91 Å². The third-order valence-electron chi connectivity index (χ3n) is 3.10. The molecule has 0 radical (unpaired) electrons. The van der Waals surface area contributed by atoms with Gasteiger partial charge in [0.25, 0.3) is 0 Å². The van der Waals surface area contributed by atoms with Crippen molar-refractivity contribution < 1.29 is 4.79 Å². The van der Waals surface area contributed by atoms with Crippen LogP contribution in [0.1, 0.15) is 36.5 Å². The molecule has 2 rings (SSSR count). The Bertz CT molecular complexity index is 385. The molecule has 1 aromatic heterocycles. The number of rotatable bonds is 4. The van der Waals surface area contributed by atoms with E-state index in [0.29, 0.717) is 6.54 Å². The summed E-state index contributed by atoms with van der Waals surface area (Å²) in [5.41, 5.74) is 1.03. The van der Waals surface area contributed by atoms with Crippen LogP contribution in [0.25, 0.3) is 0 Å². The maximum atomic E-state index is 11.8. The van der Waals surface area contributed by atoms with E-state index in [9.17, 15) is 4.79 Å². The molecule has 2 heterocycles.